The highest BCUT2D eigenvalue weighted by molar-refractivity contribution is 5.58. The highest BCUT2D eigenvalue weighted by atomic mass is 19.4. The molecule has 1 aliphatic carbocycles. The van der Waals surface area contributed by atoms with Crippen LogP contribution in [0.15, 0.2) is 42.5 Å². The van der Waals surface area contributed by atoms with Crippen LogP contribution in [0.5, 0.6) is 0 Å². The van der Waals surface area contributed by atoms with Crippen LogP contribution < -0.4 is 10.6 Å². The number of alkyl halides is 3. The van der Waals surface area contributed by atoms with Gasteiger partial charge in [0.25, 0.3) is 0 Å². The first kappa shape index (κ1) is 19.5. The smallest absolute Gasteiger partial charge is 0.390 e. The molecule has 6 nitrogen and oxygen atoms in total. The van der Waals surface area contributed by atoms with Crippen molar-refractivity contribution in [3.8, 4) is 0 Å². The topological polar surface area (TPSA) is 74.5 Å². The van der Waals surface area contributed by atoms with E-state index in [2.05, 4.69) is 20.7 Å². The Morgan fingerprint density at radius 3 is 2.45 bits per heavy atom. The molecular weight excluding hydrogens is 383 g/mol. The second kappa shape index (κ2) is 7.22. The summed E-state index contributed by atoms with van der Waals surface area (Å²) in [4.78, 5) is 4.39. The number of anilines is 3. The van der Waals surface area contributed by atoms with Crippen LogP contribution in [-0.2, 0) is 6.18 Å². The van der Waals surface area contributed by atoms with E-state index in [-0.39, 0.29) is 6.04 Å². The van der Waals surface area contributed by atoms with Gasteiger partial charge in [-0.2, -0.15) is 22.7 Å². The Labute approximate surface area is 165 Å². The third kappa shape index (κ3) is 4.45. The molecule has 1 aromatic carbocycles. The number of benzene rings is 1. The summed E-state index contributed by atoms with van der Waals surface area (Å²) in [6.45, 7) is 1.86. The van der Waals surface area contributed by atoms with E-state index in [1.807, 2.05) is 25.1 Å². The number of hydrogen-bond acceptors (Lipinski definition) is 5. The molecule has 0 amide bonds. The van der Waals surface area contributed by atoms with Crippen molar-refractivity contribution in [3.63, 3.8) is 0 Å². The number of hydrogen-bond donors (Lipinski definition) is 3. The monoisotopic (exact) mass is 405 g/mol. The van der Waals surface area contributed by atoms with E-state index in [4.69, 9.17) is 0 Å². The second-order valence-electron chi connectivity index (χ2n) is 7.73. The Kier molecular flexibility index (Phi) is 4.85. The van der Waals surface area contributed by atoms with Gasteiger partial charge in [-0.3, -0.25) is 0 Å². The third-order valence-corrected chi connectivity index (χ3v) is 5.24. The zero-order valence-corrected chi connectivity index (χ0v) is 15.9. The lowest BCUT2D eigenvalue weighted by atomic mass is 9.84. The minimum Gasteiger partial charge on any atom is -0.390 e. The van der Waals surface area contributed by atoms with Crippen molar-refractivity contribution >= 4 is 23.1 Å². The average molecular weight is 405 g/mol. The molecule has 3 N–H and O–H groups in total. The van der Waals surface area contributed by atoms with Crippen molar-refractivity contribution in [2.75, 3.05) is 10.6 Å². The molecule has 0 spiro atoms. The van der Waals surface area contributed by atoms with Crippen LogP contribution >= 0.6 is 0 Å². The Bertz CT molecular complexity index is 988. The molecule has 0 atom stereocenters. The number of nitrogens with one attached hydrogen (secondary N) is 2. The van der Waals surface area contributed by atoms with Crippen molar-refractivity contribution in [3.05, 3.63) is 48.0 Å². The first-order valence-corrected chi connectivity index (χ1v) is 9.49. The van der Waals surface area contributed by atoms with E-state index in [1.54, 1.807) is 4.52 Å². The highest BCUT2D eigenvalue weighted by Crippen LogP contribution is 2.31. The van der Waals surface area contributed by atoms with Crippen LogP contribution in [0.25, 0.3) is 5.65 Å². The summed E-state index contributed by atoms with van der Waals surface area (Å²) in [5.41, 5.74) is -0.218. The summed E-state index contributed by atoms with van der Waals surface area (Å²) in [5, 5.41) is 20.9. The fourth-order valence-electron chi connectivity index (χ4n) is 3.53. The Morgan fingerprint density at radius 1 is 1.10 bits per heavy atom. The molecule has 3 aromatic rings. The molecule has 4 rings (SSSR count). The predicted octanol–water partition coefficient (Wildman–Crippen LogP) is 4.60. The maximum atomic E-state index is 12.7. The van der Waals surface area contributed by atoms with Crippen LogP contribution in [0.1, 0.15) is 38.2 Å². The normalized spacial score (nSPS) is 22.6. The molecule has 2 heterocycles. The summed E-state index contributed by atoms with van der Waals surface area (Å²) < 4.78 is 39.8. The Morgan fingerprint density at radius 2 is 1.79 bits per heavy atom. The number of nitrogens with zero attached hydrogens (tertiary/aromatic N) is 3. The SMILES string of the molecule is C[C@]1(O)CC[C@@H](Nc2cccc3nc(Nc4ccc(C(F)(F)F)cc4)nn23)CC1. The van der Waals surface area contributed by atoms with Gasteiger partial charge < -0.3 is 15.7 Å². The third-order valence-electron chi connectivity index (χ3n) is 5.24. The number of fused-ring (bicyclic) bond motifs is 1. The second-order valence-corrected chi connectivity index (χ2v) is 7.73. The molecule has 1 aliphatic rings. The van der Waals surface area contributed by atoms with Crippen molar-refractivity contribution in [1.82, 2.24) is 14.6 Å². The first-order chi connectivity index (χ1) is 13.7. The summed E-state index contributed by atoms with van der Waals surface area (Å²) in [6.07, 6.45) is -1.19. The van der Waals surface area contributed by atoms with Gasteiger partial charge in [-0.25, -0.2) is 0 Å². The van der Waals surface area contributed by atoms with Gasteiger partial charge in [0.05, 0.1) is 11.2 Å². The molecule has 154 valence electrons. The van der Waals surface area contributed by atoms with Gasteiger partial charge in [-0.15, -0.1) is 5.10 Å². The van der Waals surface area contributed by atoms with E-state index in [9.17, 15) is 18.3 Å². The zero-order valence-electron chi connectivity index (χ0n) is 15.9. The quantitative estimate of drug-likeness (QED) is 0.592. The van der Waals surface area contributed by atoms with Gasteiger partial charge in [0.2, 0.25) is 5.95 Å². The lowest BCUT2D eigenvalue weighted by Crippen LogP contribution is -2.36. The molecule has 0 unspecified atom stereocenters. The number of aliphatic hydroxyl groups is 1. The minimum atomic E-state index is -4.37. The molecule has 29 heavy (non-hydrogen) atoms. The van der Waals surface area contributed by atoms with Crippen molar-refractivity contribution < 1.29 is 18.3 Å². The van der Waals surface area contributed by atoms with Crippen LogP contribution in [0.4, 0.5) is 30.6 Å². The molecule has 0 radical (unpaired) electrons. The van der Waals surface area contributed by atoms with E-state index in [0.717, 1.165) is 43.6 Å². The van der Waals surface area contributed by atoms with Crippen molar-refractivity contribution in [2.45, 2.75) is 50.4 Å². The molecule has 0 aliphatic heterocycles. The summed E-state index contributed by atoms with van der Waals surface area (Å²) in [6, 6.07) is 10.5. The maximum absolute atomic E-state index is 12.7. The standard InChI is InChI=1S/C20H22F3N5O/c1-19(29)11-9-15(10-12-19)24-16-3-2-4-17-26-18(27-28(16)17)25-14-7-5-13(6-8-14)20(21,22)23/h2-8,15,24,29H,9-12H2,1H3,(H,25,27)/t15-,19+. The van der Waals surface area contributed by atoms with Gasteiger partial charge in [-0.1, -0.05) is 6.07 Å². The molecule has 1 saturated carbocycles. The minimum absolute atomic E-state index is 0.233. The van der Waals surface area contributed by atoms with Crippen LogP contribution in [-0.4, -0.2) is 31.3 Å². The lowest BCUT2D eigenvalue weighted by molar-refractivity contribution is -0.137. The Hall–Kier alpha value is -2.81. The number of pyridine rings is 1. The fourth-order valence-corrected chi connectivity index (χ4v) is 3.53. The number of rotatable bonds is 4. The van der Waals surface area contributed by atoms with Crippen molar-refractivity contribution in [1.29, 1.82) is 0 Å². The lowest BCUT2D eigenvalue weighted by Gasteiger charge is -2.33. The largest absolute Gasteiger partial charge is 0.416 e. The van der Waals surface area contributed by atoms with Gasteiger partial charge in [-0.05, 0) is 69.0 Å². The van der Waals surface area contributed by atoms with Gasteiger partial charge in [0.15, 0.2) is 5.65 Å². The van der Waals surface area contributed by atoms with E-state index < -0.39 is 17.3 Å². The summed E-state index contributed by atoms with van der Waals surface area (Å²) >= 11 is 0. The Balaban J connectivity index is 1.50. The molecule has 1 fully saturated rings. The van der Waals surface area contributed by atoms with E-state index >= 15 is 0 Å². The number of halogens is 3. The summed E-state index contributed by atoms with van der Waals surface area (Å²) in [7, 11) is 0. The van der Waals surface area contributed by atoms with Gasteiger partial charge >= 0.3 is 6.18 Å². The molecule has 0 saturated heterocycles. The molecule has 9 heteroatoms. The van der Waals surface area contributed by atoms with Crippen molar-refractivity contribution in [2.24, 2.45) is 0 Å². The zero-order chi connectivity index (χ0) is 20.6. The predicted molar refractivity (Wildman–Crippen MR) is 104 cm³/mol. The number of aromatic nitrogens is 3. The average Bonchev–Trinajstić information content (AvgIpc) is 3.06. The van der Waals surface area contributed by atoms with E-state index in [0.29, 0.717) is 17.3 Å². The molecule has 2 aromatic heterocycles. The maximum Gasteiger partial charge on any atom is 0.416 e. The molecular formula is C20H22F3N5O. The first-order valence-electron chi connectivity index (χ1n) is 9.49. The van der Waals surface area contributed by atoms with Crippen LogP contribution in [0.2, 0.25) is 0 Å². The summed E-state index contributed by atoms with van der Waals surface area (Å²) in [5.74, 6) is 1.08. The highest BCUT2D eigenvalue weighted by Gasteiger charge is 2.30. The van der Waals surface area contributed by atoms with Crippen LogP contribution in [0, 0.1) is 0 Å². The fraction of sp³-hybridized carbons (Fsp3) is 0.400. The van der Waals surface area contributed by atoms with Gasteiger partial charge in [0.1, 0.15) is 5.82 Å². The molecule has 0 bridgehead atoms. The van der Waals surface area contributed by atoms with Crippen LogP contribution in [0.3, 0.4) is 0 Å². The van der Waals surface area contributed by atoms with E-state index in [1.165, 1.54) is 12.1 Å². The van der Waals surface area contributed by atoms with Gasteiger partial charge in [0, 0.05) is 11.7 Å².